The van der Waals surface area contributed by atoms with E-state index in [9.17, 15) is 0 Å². The van der Waals surface area contributed by atoms with Crippen molar-refractivity contribution in [3.63, 3.8) is 0 Å². The van der Waals surface area contributed by atoms with Crippen LogP contribution in [0.25, 0.3) is 0 Å². The summed E-state index contributed by atoms with van der Waals surface area (Å²) in [7, 11) is 0. The van der Waals surface area contributed by atoms with Gasteiger partial charge in [0.05, 0.1) is 25.3 Å². The molecule has 3 heterocycles. The molecule has 3 fully saturated rings. The summed E-state index contributed by atoms with van der Waals surface area (Å²) in [5.74, 6) is 3.40. The van der Waals surface area contributed by atoms with Gasteiger partial charge in [-0.3, -0.25) is 14.8 Å². The van der Waals surface area contributed by atoms with Crippen LogP contribution in [0.15, 0.2) is 35.3 Å². The molecule has 0 bridgehead atoms. The second-order valence-corrected chi connectivity index (χ2v) is 10.1. The molecule has 2 atom stereocenters. The van der Waals surface area contributed by atoms with Gasteiger partial charge in [-0.25, -0.2) is 0 Å². The second kappa shape index (κ2) is 13.4. The van der Waals surface area contributed by atoms with Crippen molar-refractivity contribution in [1.82, 2.24) is 20.4 Å². The number of hydrogen-bond donors (Lipinski definition) is 2. The Morgan fingerprint density at radius 1 is 1.19 bits per heavy atom. The van der Waals surface area contributed by atoms with Gasteiger partial charge in [-0.2, -0.15) is 11.8 Å². The molecule has 0 amide bonds. The lowest BCUT2D eigenvalue weighted by Crippen LogP contribution is -2.56. The lowest BCUT2D eigenvalue weighted by atomic mass is 9.96. The molecule has 4 rings (SSSR count). The number of nitrogens with one attached hydrogen (secondary N) is 2. The highest BCUT2D eigenvalue weighted by Crippen LogP contribution is 2.34. The summed E-state index contributed by atoms with van der Waals surface area (Å²) in [4.78, 5) is 10.4. The zero-order valence-electron chi connectivity index (χ0n) is 19.4. The van der Waals surface area contributed by atoms with Crippen molar-refractivity contribution in [3.8, 4) is 0 Å². The third-order valence-corrected chi connectivity index (χ3v) is 8.11. The number of morpholine rings is 1. The van der Waals surface area contributed by atoms with E-state index in [1.54, 1.807) is 0 Å². The number of guanidine groups is 1. The first kappa shape index (κ1) is 26.1. The Balaban J connectivity index is 0.00000289. The van der Waals surface area contributed by atoms with Crippen LogP contribution >= 0.6 is 35.7 Å². The molecule has 3 saturated heterocycles. The van der Waals surface area contributed by atoms with Crippen molar-refractivity contribution in [3.05, 3.63) is 35.9 Å². The summed E-state index contributed by atoms with van der Waals surface area (Å²) in [5, 5.41) is 7.16. The van der Waals surface area contributed by atoms with Crippen LogP contribution in [0.2, 0.25) is 0 Å². The van der Waals surface area contributed by atoms with Crippen molar-refractivity contribution in [2.24, 2.45) is 4.99 Å². The van der Waals surface area contributed by atoms with Gasteiger partial charge in [-0.05, 0) is 44.0 Å². The number of hydrogen-bond acceptors (Lipinski definition) is 5. The predicted octanol–water partition coefficient (Wildman–Crippen LogP) is 3.03. The third kappa shape index (κ3) is 6.98. The number of rotatable bonds is 8. The van der Waals surface area contributed by atoms with E-state index >= 15 is 0 Å². The van der Waals surface area contributed by atoms with Gasteiger partial charge in [0.2, 0.25) is 0 Å². The Morgan fingerprint density at radius 3 is 2.72 bits per heavy atom. The fourth-order valence-corrected chi connectivity index (χ4v) is 6.51. The van der Waals surface area contributed by atoms with E-state index < -0.39 is 0 Å². The van der Waals surface area contributed by atoms with Gasteiger partial charge in [-0.1, -0.05) is 30.3 Å². The Labute approximate surface area is 215 Å². The zero-order chi connectivity index (χ0) is 21.4. The van der Waals surface area contributed by atoms with Crippen LogP contribution in [-0.4, -0.2) is 91.3 Å². The van der Waals surface area contributed by atoms with Crippen LogP contribution in [0.5, 0.6) is 0 Å². The Hall–Kier alpha value is -0.550. The fraction of sp³-hybridized carbons (Fsp3) is 0.708. The first-order valence-electron chi connectivity index (χ1n) is 12.0. The highest BCUT2D eigenvalue weighted by molar-refractivity contribution is 14.0. The maximum atomic E-state index is 5.60. The van der Waals surface area contributed by atoms with E-state index in [1.165, 1.54) is 42.9 Å². The Bertz CT molecular complexity index is 695. The van der Waals surface area contributed by atoms with E-state index in [1.807, 2.05) is 0 Å². The summed E-state index contributed by atoms with van der Waals surface area (Å²) < 4.78 is 5.60. The molecular formula is C24H40IN5OS. The molecule has 180 valence electrons. The topological polar surface area (TPSA) is 52.1 Å². The van der Waals surface area contributed by atoms with Crippen LogP contribution in [-0.2, 0) is 11.3 Å². The number of likely N-dealkylation sites (tertiary alicyclic amines) is 1. The number of ether oxygens (including phenoxy) is 1. The zero-order valence-corrected chi connectivity index (χ0v) is 22.6. The van der Waals surface area contributed by atoms with Crippen molar-refractivity contribution in [2.75, 3.05) is 64.0 Å². The monoisotopic (exact) mass is 573 g/mol. The molecule has 1 aromatic carbocycles. The van der Waals surface area contributed by atoms with Gasteiger partial charge in [0.15, 0.2) is 5.96 Å². The minimum atomic E-state index is 0. The first-order valence-corrected chi connectivity index (χ1v) is 13.2. The summed E-state index contributed by atoms with van der Waals surface area (Å²) in [6.07, 6.45) is 3.77. The van der Waals surface area contributed by atoms with Crippen molar-refractivity contribution in [1.29, 1.82) is 0 Å². The van der Waals surface area contributed by atoms with Gasteiger partial charge < -0.3 is 15.4 Å². The SMILES string of the molecule is CCNC(=NCC1(N2CCOCC2)CCSC1)NCC1CCCN1Cc1ccccc1.I. The molecule has 3 aliphatic heterocycles. The van der Waals surface area contributed by atoms with Gasteiger partial charge in [0, 0.05) is 44.5 Å². The molecule has 0 aliphatic carbocycles. The summed E-state index contributed by atoms with van der Waals surface area (Å²) in [6.45, 7) is 10.9. The van der Waals surface area contributed by atoms with Crippen molar-refractivity contribution >= 4 is 41.7 Å². The van der Waals surface area contributed by atoms with Crippen LogP contribution in [0, 0.1) is 0 Å². The molecule has 1 aromatic rings. The number of nitrogens with zero attached hydrogens (tertiary/aromatic N) is 3. The standard InChI is InChI=1S/C24H39N5OS.HI/c1-2-25-23(27-19-24(10-16-31-20-24)29-12-14-30-15-13-29)26-17-22-9-6-11-28(22)18-21-7-4-3-5-8-21;/h3-5,7-8,22H,2,6,9-20H2,1H3,(H2,25,26,27);1H. The lowest BCUT2D eigenvalue weighted by molar-refractivity contribution is -0.0104. The predicted molar refractivity (Wildman–Crippen MR) is 146 cm³/mol. The Kier molecular flexibility index (Phi) is 10.9. The Morgan fingerprint density at radius 2 is 2.00 bits per heavy atom. The van der Waals surface area contributed by atoms with Gasteiger partial charge in [-0.15, -0.1) is 24.0 Å². The van der Waals surface area contributed by atoms with Crippen LogP contribution in [0.3, 0.4) is 0 Å². The number of thioether (sulfide) groups is 1. The molecule has 6 nitrogen and oxygen atoms in total. The van der Waals surface area contributed by atoms with Crippen LogP contribution in [0.4, 0.5) is 0 Å². The van der Waals surface area contributed by atoms with E-state index in [-0.39, 0.29) is 29.5 Å². The maximum Gasteiger partial charge on any atom is 0.191 e. The smallest absolute Gasteiger partial charge is 0.191 e. The minimum absolute atomic E-state index is 0. The summed E-state index contributed by atoms with van der Waals surface area (Å²) in [5.41, 5.74) is 1.60. The average Bonchev–Trinajstić information content (AvgIpc) is 3.47. The molecule has 0 aromatic heterocycles. The highest BCUT2D eigenvalue weighted by Gasteiger charge is 2.40. The van der Waals surface area contributed by atoms with Gasteiger partial charge in [0.1, 0.15) is 0 Å². The first-order chi connectivity index (χ1) is 15.3. The second-order valence-electron chi connectivity index (χ2n) is 8.95. The molecular weight excluding hydrogens is 533 g/mol. The summed E-state index contributed by atoms with van der Waals surface area (Å²) >= 11 is 2.08. The molecule has 0 spiro atoms. The van der Waals surface area contributed by atoms with Crippen molar-refractivity contribution in [2.45, 2.75) is 44.3 Å². The maximum absolute atomic E-state index is 5.60. The number of aliphatic imine (C=N–C) groups is 1. The van der Waals surface area contributed by atoms with Crippen molar-refractivity contribution < 1.29 is 4.74 Å². The van der Waals surface area contributed by atoms with Gasteiger partial charge >= 0.3 is 0 Å². The molecule has 0 saturated carbocycles. The minimum Gasteiger partial charge on any atom is -0.379 e. The average molecular weight is 574 g/mol. The van der Waals surface area contributed by atoms with Crippen LogP contribution in [0.1, 0.15) is 31.7 Å². The molecule has 0 radical (unpaired) electrons. The number of benzene rings is 1. The molecule has 32 heavy (non-hydrogen) atoms. The largest absolute Gasteiger partial charge is 0.379 e. The van der Waals surface area contributed by atoms with E-state index in [4.69, 9.17) is 9.73 Å². The van der Waals surface area contributed by atoms with E-state index in [2.05, 4.69) is 69.5 Å². The van der Waals surface area contributed by atoms with Crippen LogP contribution < -0.4 is 10.6 Å². The quantitative estimate of drug-likeness (QED) is 0.284. The van der Waals surface area contributed by atoms with E-state index in [0.29, 0.717) is 6.04 Å². The molecule has 2 N–H and O–H groups in total. The molecule has 8 heteroatoms. The third-order valence-electron chi connectivity index (χ3n) is 6.87. The van der Waals surface area contributed by atoms with Gasteiger partial charge in [0.25, 0.3) is 0 Å². The molecule has 3 aliphatic rings. The normalized spacial score (nSPS) is 27.3. The molecule has 2 unspecified atom stereocenters. The highest BCUT2D eigenvalue weighted by atomic mass is 127. The lowest BCUT2D eigenvalue weighted by Gasteiger charge is -2.42. The number of halogens is 1. The fourth-order valence-electron chi connectivity index (χ4n) is 5.04. The summed E-state index contributed by atoms with van der Waals surface area (Å²) in [6, 6.07) is 11.4. The van der Waals surface area contributed by atoms with E-state index in [0.717, 1.165) is 58.4 Å².